The molecule has 1 aromatic carbocycles. The molecule has 0 bridgehead atoms. The number of tetrazole rings is 1. The van der Waals surface area contributed by atoms with Gasteiger partial charge in [0.1, 0.15) is 29.6 Å². The average Bonchev–Trinajstić information content (AvgIpc) is 3.52. The van der Waals surface area contributed by atoms with E-state index in [4.69, 9.17) is 8.83 Å². The smallest absolute Gasteiger partial charge is 0.265 e. The SMILES string of the molecule is CC(C)(C)c1nnnn1CC(=O)N1N=C(c2cc3ccccc3o2)CC1c1ccco1. The normalized spacial score (nSPS) is 16.8. The van der Waals surface area contributed by atoms with E-state index < -0.39 is 0 Å². The van der Waals surface area contributed by atoms with Gasteiger partial charge in [0.25, 0.3) is 5.91 Å². The van der Waals surface area contributed by atoms with E-state index in [9.17, 15) is 4.79 Å². The predicted molar refractivity (Wildman–Crippen MR) is 112 cm³/mol. The lowest BCUT2D eigenvalue weighted by molar-refractivity contribution is -0.134. The van der Waals surface area contributed by atoms with Crippen molar-refractivity contribution < 1.29 is 13.6 Å². The highest BCUT2D eigenvalue weighted by Crippen LogP contribution is 2.34. The summed E-state index contributed by atoms with van der Waals surface area (Å²) >= 11 is 0. The van der Waals surface area contributed by atoms with Crippen LogP contribution in [0.15, 0.2) is 62.7 Å². The molecule has 1 unspecified atom stereocenters. The maximum Gasteiger partial charge on any atom is 0.265 e. The molecule has 158 valence electrons. The summed E-state index contributed by atoms with van der Waals surface area (Å²) in [6.07, 6.45) is 2.08. The molecule has 1 amide bonds. The monoisotopic (exact) mass is 418 g/mol. The maximum atomic E-state index is 13.3. The number of carbonyl (C=O) groups is 1. The van der Waals surface area contributed by atoms with Crippen molar-refractivity contribution in [2.24, 2.45) is 5.10 Å². The number of hydrazone groups is 1. The Hall–Kier alpha value is -3.75. The molecule has 9 heteroatoms. The van der Waals surface area contributed by atoms with Crippen LogP contribution in [0.3, 0.4) is 0 Å². The molecule has 0 saturated carbocycles. The van der Waals surface area contributed by atoms with Crippen molar-refractivity contribution in [1.82, 2.24) is 25.2 Å². The molecule has 0 N–H and O–H groups in total. The molecular formula is C22H22N6O3. The zero-order chi connectivity index (χ0) is 21.6. The second kappa shape index (κ2) is 7.19. The third kappa shape index (κ3) is 3.52. The number of aromatic nitrogens is 4. The molecule has 0 saturated heterocycles. The zero-order valence-electron chi connectivity index (χ0n) is 17.5. The van der Waals surface area contributed by atoms with Crippen LogP contribution in [0.1, 0.15) is 50.6 Å². The first-order valence-electron chi connectivity index (χ1n) is 10.1. The summed E-state index contributed by atoms with van der Waals surface area (Å²) in [5.41, 5.74) is 1.18. The van der Waals surface area contributed by atoms with E-state index in [0.717, 1.165) is 11.0 Å². The van der Waals surface area contributed by atoms with Crippen molar-refractivity contribution >= 4 is 22.6 Å². The van der Waals surface area contributed by atoms with Crippen molar-refractivity contribution in [2.45, 2.75) is 45.2 Å². The first kappa shape index (κ1) is 19.2. The van der Waals surface area contributed by atoms with Gasteiger partial charge in [0.2, 0.25) is 0 Å². The van der Waals surface area contributed by atoms with Crippen molar-refractivity contribution in [3.8, 4) is 0 Å². The van der Waals surface area contributed by atoms with E-state index in [2.05, 4.69) is 20.6 Å². The van der Waals surface area contributed by atoms with Crippen molar-refractivity contribution in [2.75, 3.05) is 0 Å². The summed E-state index contributed by atoms with van der Waals surface area (Å²) in [5.74, 6) is 1.71. The molecule has 4 aromatic rings. The standard InChI is InChI=1S/C22H22N6O3/c1-22(2,3)21-23-25-26-27(21)13-20(29)28-16(18-9-6-10-30-18)12-15(24-28)19-11-14-7-4-5-8-17(14)31-19/h4-11,16H,12-13H2,1-3H3. The Morgan fingerprint density at radius 2 is 2.03 bits per heavy atom. The third-order valence-corrected chi connectivity index (χ3v) is 5.24. The van der Waals surface area contributed by atoms with Gasteiger partial charge in [-0.3, -0.25) is 4.79 Å². The number of benzene rings is 1. The number of carbonyl (C=O) groups excluding carboxylic acids is 1. The van der Waals surface area contributed by atoms with Crippen molar-refractivity contribution in [3.63, 3.8) is 0 Å². The van der Waals surface area contributed by atoms with Crippen LogP contribution in [0, 0.1) is 0 Å². The highest BCUT2D eigenvalue weighted by Gasteiger charge is 2.37. The van der Waals surface area contributed by atoms with Gasteiger partial charge in [0, 0.05) is 17.2 Å². The van der Waals surface area contributed by atoms with Gasteiger partial charge in [-0.15, -0.1) is 5.10 Å². The van der Waals surface area contributed by atoms with E-state index >= 15 is 0 Å². The van der Waals surface area contributed by atoms with Crippen LogP contribution in [-0.4, -0.2) is 36.8 Å². The van der Waals surface area contributed by atoms with Gasteiger partial charge in [0.05, 0.1) is 6.26 Å². The second-order valence-electron chi connectivity index (χ2n) is 8.58. The van der Waals surface area contributed by atoms with Gasteiger partial charge in [0.15, 0.2) is 11.6 Å². The Labute approximate surface area is 178 Å². The topological polar surface area (TPSA) is 103 Å². The first-order chi connectivity index (χ1) is 14.9. The predicted octanol–water partition coefficient (Wildman–Crippen LogP) is 3.69. The second-order valence-corrected chi connectivity index (χ2v) is 8.58. The van der Waals surface area contributed by atoms with Gasteiger partial charge in [-0.25, -0.2) is 9.69 Å². The quantitative estimate of drug-likeness (QED) is 0.501. The first-order valence-corrected chi connectivity index (χ1v) is 10.1. The fourth-order valence-electron chi connectivity index (χ4n) is 3.76. The minimum Gasteiger partial charge on any atom is -0.467 e. The number of furan rings is 2. The molecule has 0 radical (unpaired) electrons. The van der Waals surface area contributed by atoms with Gasteiger partial charge >= 0.3 is 0 Å². The van der Waals surface area contributed by atoms with Gasteiger partial charge in [-0.2, -0.15) is 5.10 Å². The van der Waals surface area contributed by atoms with E-state index in [-0.39, 0.29) is 23.9 Å². The summed E-state index contributed by atoms with van der Waals surface area (Å²) in [4.78, 5) is 13.3. The molecule has 1 atom stereocenters. The molecule has 5 rings (SSSR count). The minimum atomic E-state index is -0.361. The van der Waals surface area contributed by atoms with Crippen LogP contribution >= 0.6 is 0 Å². The third-order valence-electron chi connectivity index (χ3n) is 5.24. The molecule has 1 aliphatic heterocycles. The largest absolute Gasteiger partial charge is 0.467 e. The van der Waals surface area contributed by atoms with Gasteiger partial charge in [-0.05, 0) is 34.7 Å². The minimum absolute atomic E-state index is 0.0201. The average molecular weight is 418 g/mol. The summed E-state index contributed by atoms with van der Waals surface area (Å²) in [6, 6.07) is 13.0. The molecular weight excluding hydrogens is 396 g/mol. The number of para-hydroxylation sites is 1. The molecule has 31 heavy (non-hydrogen) atoms. The highest BCUT2D eigenvalue weighted by molar-refractivity contribution is 6.03. The van der Waals surface area contributed by atoms with Crippen LogP contribution in [0.4, 0.5) is 0 Å². The highest BCUT2D eigenvalue weighted by atomic mass is 16.3. The number of hydrogen-bond acceptors (Lipinski definition) is 7. The molecule has 0 aliphatic carbocycles. The Balaban J connectivity index is 1.48. The number of hydrogen-bond donors (Lipinski definition) is 0. The van der Waals surface area contributed by atoms with E-state index in [1.54, 1.807) is 12.3 Å². The van der Waals surface area contributed by atoms with Crippen LogP contribution in [0.25, 0.3) is 11.0 Å². The van der Waals surface area contributed by atoms with Gasteiger partial charge < -0.3 is 8.83 Å². The Bertz CT molecular complexity index is 1230. The Morgan fingerprint density at radius 1 is 1.19 bits per heavy atom. The zero-order valence-corrected chi connectivity index (χ0v) is 17.5. The fraction of sp³-hybridized carbons (Fsp3) is 0.318. The molecule has 0 spiro atoms. The van der Waals surface area contributed by atoms with Crippen LogP contribution < -0.4 is 0 Å². The van der Waals surface area contributed by atoms with E-state index in [0.29, 0.717) is 29.5 Å². The number of amides is 1. The summed E-state index contributed by atoms with van der Waals surface area (Å²) in [5, 5.41) is 18.9. The molecule has 4 heterocycles. The molecule has 9 nitrogen and oxygen atoms in total. The van der Waals surface area contributed by atoms with E-state index in [1.807, 2.05) is 57.2 Å². The lowest BCUT2D eigenvalue weighted by Crippen LogP contribution is -2.32. The van der Waals surface area contributed by atoms with E-state index in [1.165, 1.54) is 9.69 Å². The molecule has 0 fully saturated rings. The summed E-state index contributed by atoms with van der Waals surface area (Å²) in [7, 11) is 0. The number of nitrogens with zero attached hydrogens (tertiary/aromatic N) is 6. The lowest BCUT2D eigenvalue weighted by atomic mass is 9.96. The van der Waals surface area contributed by atoms with Crippen molar-refractivity contribution in [1.29, 1.82) is 0 Å². The molecule has 3 aromatic heterocycles. The van der Waals surface area contributed by atoms with Gasteiger partial charge in [-0.1, -0.05) is 39.0 Å². The summed E-state index contributed by atoms with van der Waals surface area (Å²) in [6.45, 7) is 5.98. The number of fused-ring (bicyclic) bond motifs is 1. The van der Waals surface area contributed by atoms with Crippen LogP contribution in [0.2, 0.25) is 0 Å². The maximum absolute atomic E-state index is 13.3. The van der Waals surface area contributed by atoms with Crippen LogP contribution in [0.5, 0.6) is 0 Å². The van der Waals surface area contributed by atoms with Crippen LogP contribution in [-0.2, 0) is 16.8 Å². The lowest BCUT2D eigenvalue weighted by Gasteiger charge is -2.21. The Kier molecular flexibility index (Phi) is 4.46. The Morgan fingerprint density at radius 3 is 2.77 bits per heavy atom. The number of rotatable bonds is 4. The molecule has 1 aliphatic rings. The summed E-state index contributed by atoms with van der Waals surface area (Å²) < 4.78 is 13.1. The fourth-order valence-corrected chi connectivity index (χ4v) is 3.76. The van der Waals surface area contributed by atoms with Crippen molar-refractivity contribution in [3.05, 3.63) is 66.1 Å².